The molecule has 0 bridgehead atoms. The average Bonchev–Trinajstić information content (AvgIpc) is 3.34. The molecule has 30 heavy (non-hydrogen) atoms. The Morgan fingerprint density at radius 1 is 1.33 bits per heavy atom. The number of hydrogen-bond donors (Lipinski definition) is 0. The molecular weight excluding hydrogens is 437 g/mol. The van der Waals surface area contributed by atoms with E-state index in [4.69, 9.17) is 16.3 Å². The number of fused-ring (bicyclic) bond motifs is 1. The standard InChI is InChI=1S/C21H18ClF3N2O2S/c1-12-8-15(22)10-17-18(12)26-20(30-17)27(11-16-6-3-7-29-16)19(28)13-4-2-5-14(9-13)21(23,24)25/h2,4-5,8-10,16H,3,6-7,11H2,1H3. The predicted octanol–water partition coefficient (Wildman–Crippen LogP) is 6.10. The number of anilines is 1. The Hall–Kier alpha value is -2.16. The van der Waals surface area contributed by atoms with Crippen LogP contribution in [0.2, 0.25) is 5.02 Å². The van der Waals surface area contributed by atoms with Gasteiger partial charge in [-0.25, -0.2) is 4.98 Å². The van der Waals surface area contributed by atoms with Crippen molar-refractivity contribution in [3.63, 3.8) is 0 Å². The number of thiazole rings is 1. The first-order chi connectivity index (χ1) is 14.2. The maximum absolute atomic E-state index is 13.3. The Bertz CT molecular complexity index is 1090. The summed E-state index contributed by atoms with van der Waals surface area (Å²) in [5.41, 5.74) is 0.673. The Morgan fingerprint density at radius 2 is 2.13 bits per heavy atom. The zero-order valence-corrected chi connectivity index (χ0v) is 17.6. The molecule has 0 saturated carbocycles. The predicted molar refractivity (Wildman–Crippen MR) is 111 cm³/mol. The van der Waals surface area contributed by atoms with Gasteiger partial charge in [-0.05, 0) is 55.7 Å². The number of nitrogens with zero attached hydrogens (tertiary/aromatic N) is 2. The first-order valence-corrected chi connectivity index (χ1v) is 10.6. The second kappa shape index (κ2) is 8.17. The summed E-state index contributed by atoms with van der Waals surface area (Å²) < 4.78 is 45.9. The van der Waals surface area contributed by atoms with Crippen molar-refractivity contribution in [3.8, 4) is 0 Å². The van der Waals surface area contributed by atoms with Crippen molar-refractivity contribution in [3.05, 3.63) is 58.1 Å². The Kier molecular flexibility index (Phi) is 5.74. The minimum Gasteiger partial charge on any atom is -0.376 e. The van der Waals surface area contributed by atoms with Gasteiger partial charge in [0.15, 0.2) is 5.13 Å². The molecular formula is C21H18ClF3N2O2S. The van der Waals surface area contributed by atoms with Gasteiger partial charge in [0, 0.05) is 17.2 Å². The lowest BCUT2D eigenvalue weighted by atomic mass is 10.1. The topological polar surface area (TPSA) is 42.4 Å². The molecule has 4 rings (SSSR count). The number of benzene rings is 2. The van der Waals surface area contributed by atoms with E-state index >= 15 is 0 Å². The molecule has 1 fully saturated rings. The van der Waals surface area contributed by atoms with Gasteiger partial charge >= 0.3 is 6.18 Å². The van der Waals surface area contributed by atoms with Gasteiger partial charge in [0.1, 0.15) is 0 Å². The third-order valence-electron chi connectivity index (χ3n) is 4.96. The van der Waals surface area contributed by atoms with E-state index in [-0.39, 0.29) is 18.2 Å². The van der Waals surface area contributed by atoms with Crippen molar-refractivity contribution in [1.82, 2.24) is 4.98 Å². The molecule has 1 atom stereocenters. The van der Waals surface area contributed by atoms with Crippen LogP contribution in [0.15, 0.2) is 36.4 Å². The Labute approximate surface area is 180 Å². The third-order valence-corrected chi connectivity index (χ3v) is 6.21. The van der Waals surface area contributed by atoms with Crippen LogP contribution in [0, 0.1) is 6.92 Å². The van der Waals surface area contributed by atoms with Crippen LogP contribution in [0.1, 0.15) is 34.3 Å². The van der Waals surface area contributed by atoms with Crippen LogP contribution >= 0.6 is 22.9 Å². The number of halogens is 4. The van der Waals surface area contributed by atoms with E-state index in [2.05, 4.69) is 4.98 Å². The van der Waals surface area contributed by atoms with Crippen LogP contribution < -0.4 is 4.90 Å². The second-order valence-electron chi connectivity index (χ2n) is 7.20. The molecule has 1 aromatic heterocycles. The highest BCUT2D eigenvalue weighted by Crippen LogP contribution is 2.35. The van der Waals surface area contributed by atoms with Crippen molar-refractivity contribution < 1.29 is 22.7 Å². The van der Waals surface area contributed by atoms with Gasteiger partial charge in [-0.15, -0.1) is 0 Å². The number of hydrogen-bond acceptors (Lipinski definition) is 4. The van der Waals surface area contributed by atoms with Gasteiger partial charge in [0.25, 0.3) is 5.91 Å². The second-order valence-corrected chi connectivity index (χ2v) is 8.64. The van der Waals surface area contributed by atoms with Crippen molar-refractivity contribution in [2.24, 2.45) is 0 Å². The summed E-state index contributed by atoms with van der Waals surface area (Å²) in [5, 5.41) is 0.971. The van der Waals surface area contributed by atoms with Crippen molar-refractivity contribution in [1.29, 1.82) is 0 Å². The molecule has 0 radical (unpaired) electrons. The molecule has 3 aromatic rings. The molecule has 9 heteroatoms. The lowest BCUT2D eigenvalue weighted by molar-refractivity contribution is -0.137. The number of carbonyl (C=O) groups is 1. The monoisotopic (exact) mass is 454 g/mol. The lowest BCUT2D eigenvalue weighted by Crippen LogP contribution is -2.37. The van der Waals surface area contributed by atoms with Gasteiger partial charge in [-0.1, -0.05) is 29.0 Å². The van der Waals surface area contributed by atoms with E-state index in [1.807, 2.05) is 6.92 Å². The fraction of sp³-hybridized carbons (Fsp3) is 0.333. The molecule has 0 aliphatic carbocycles. The lowest BCUT2D eigenvalue weighted by Gasteiger charge is -2.23. The minimum atomic E-state index is -4.53. The zero-order chi connectivity index (χ0) is 21.5. The number of ether oxygens (including phenoxy) is 1. The van der Waals surface area contributed by atoms with E-state index in [1.54, 1.807) is 12.1 Å². The molecule has 0 spiro atoms. The van der Waals surface area contributed by atoms with Gasteiger partial charge in [-0.2, -0.15) is 13.2 Å². The van der Waals surface area contributed by atoms with Crippen LogP contribution in [0.4, 0.5) is 18.3 Å². The summed E-state index contributed by atoms with van der Waals surface area (Å²) >= 11 is 7.42. The highest BCUT2D eigenvalue weighted by molar-refractivity contribution is 7.22. The van der Waals surface area contributed by atoms with E-state index in [9.17, 15) is 18.0 Å². The molecule has 1 amide bonds. The van der Waals surface area contributed by atoms with Crippen molar-refractivity contribution >= 4 is 44.2 Å². The fourth-order valence-electron chi connectivity index (χ4n) is 3.48. The first-order valence-electron chi connectivity index (χ1n) is 9.40. The van der Waals surface area contributed by atoms with Gasteiger partial charge in [-0.3, -0.25) is 9.69 Å². The normalized spacial score (nSPS) is 16.9. The maximum atomic E-state index is 13.3. The number of alkyl halides is 3. The SMILES string of the molecule is Cc1cc(Cl)cc2sc(N(CC3CCCO3)C(=O)c3cccc(C(F)(F)F)c3)nc12. The minimum absolute atomic E-state index is 0.0446. The number of amides is 1. The van der Waals surface area contributed by atoms with Gasteiger partial charge < -0.3 is 4.74 Å². The van der Waals surface area contributed by atoms with Crippen LogP contribution in [0.5, 0.6) is 0 Å². The van der Waals surface area contributed by atoms with Crippen LogP contribution in [-0.4, -0.2) is 30.1 Å². The summed E-state index contributed by atoms with van der Waals surface area (Å²) in [6, 6.07) is 8.00. The molecule has 158 valence electrons. The molecule has 4 nitrogen and oxygen atoms in total. The van der Waals surface area contributed by atoms with Gasteiger partial charge in [0.2, 0.25) is 0 Å². The molecule has 1 aliphatic rings. The first kappa shape index (κ1) is 21.1. The third kappa shape index (κ3) is 4.31. The van der Waals surface area contributed by atoms with Crippen LogP contribution in [-0.2, 0) is 10.9 Å². The maximum Gasteiger partial charge on any atom is 0.416 e. The number of aryl methyl sites for hydroxylation is 1. The molecule has 2 heterocycles. The van der Waals surface area contributed by atoms with E-state index < -0.39 is 17.6 Å². The summed E-state index contributed by atoms with van der Waals surface area (Å²) in [6.07, 6.45) is -3.05. The van der Waals surface area contributed by atoms with Crippen molar-refractivity contribution in [2.75, 3.05) is 18.1 Å². The molecule has 2 aromatic carbocycles. The summed E-state index contributed by atoms with van der Waals surface area (Å²) in [6.45, 7) is 2.70. The van der Waals surface area contributed by atoms with Crippen molar-refractivity contribution in [2.45, 2.75) is 32.0 Å². The summed E-state index contributed by atoms with van der Waals surface area (Å²) in [4.78, 5) is 19.3. The van der Waals surface area contributed by atoms with E-state index in [0.29, 0.717) is 22.3 Å². The Morgan fingerprint density at radius 3 is 2.83 bits per heavy atom. The number of aromatic nitrogens is 1. The quantitative estimate of drug-likeness (QED) is 0.478. The molecule has 0 N–H and O–H groups in total. The fourth-order valence-corrected chi connectivity index (χ4v) is 4.91. The summed E-state index contributed by atoms with van der Waals surface area (Å²) in [7, 11) is 0. The largest absolute Gasteiger partial charge is 0.416 e. The number of rotatable bonds is 4. The zero-order valence-electron chi connectivity index (χ0n) is 16.0. The molecule has 1 unspecified atom stereocenters. The molecule has 1 aliphatic heterocycles. The molecule has 1 saturated heterocycles. The van der Waals surface area contributed by atoms with Crippen LogP contribution in [0.3, 0.4) is 0 Å². The van der Waals surface area contributed by atoms with E-state index in [0.717, 1.165) is 35.2 Å². The highest BCUT2D eigenvalue weighted by atomic mass is 35.5. The van der Waals surface area contributed by atoms with Crippen LogP contribution in [0.25, 0.3) is 10.2 Å². The number of carbonyl (C=O) groups excluding carboxylic acids is 1. The summed E-state index contributed by atoms with van der Waals surface area (Å²) in [5.74, 6) is -0.542. The van der Waals surface area contributed by atoms with E-state index in [1.165, 1.54) is 28.4 Å². The smallest absolute Gasteiger partial charge is 0.376 e. The average molecular weight is 455 g/mol. The Balaban J connectivity index is 1.75. The van der Waals surface area contributed by atoms with Gasteiger partial charge in [0.05, 0.1) is 28.4 Å². The highest BCUT2D eigenvalue weighted by Gasteiger charge is 2.32.